The highest BCUT2D eigenvalue weighted by Crippen LogP contribution is 2.11. The fourth-order valence-electron chi connectivity index (χ4n) is 2.23. The number of rotatable bonds is 5. The lowest BCUT2D eigenvalue weighted by atomic mass is 10.1. The Labute approximate surface area is 140 Å². The van der Waals surface area contributed by atoms with Gasteiger partial charge >= 0.3 is 0 Å². The van der Waals surface area contributed by atoms with E-state index < -0.39 is 0 Å². The molecule has 0 amide bonds. The van der Waals surface area contributed by atoms with Crippen molar-refractivity contribution in [2.45, 2.75) is 20.0 Å². The molecule has 0 radical (unpaired) electrons. The zero-order chi connectivity index (χ0) is 16.1. The van der Waals surface area contributed by atoms with Gasteiger partial charge in [-0.3, -0.25) is 4.68 Å². The monoisotopic (exact) mass is 326 g/mol. The second-order valence-electron chi connectivity index (χ2n) is 5.24. The molecule has 118 valence electrons. The molecule has 0 spiro atoms. The molecule has 0 aliphatic carbocycles. The second-order valence-corrected chi connectivity index (χ2v) is 5.65. The molecule has 3 rings (SSSR count). The number of aromatic nitrogens is 2. The van der Waals surface area contributed by atoms with E-state index in [2.05, 4.69) is 34.8 Å². The van der Waals surface area contributed by atoms with Crippen LogP contribution in [0, 0.1) is 6.92 Å². The summed E-state index contributed by atoms with van der Waals surface area (Å²) in [7, 11) is 0. The third-order valence-electron chi connectivity index (χ3n) is 3.49. The molecular weight excluding hydrogens is 308 g/mol. The van der Waals surface area contributed by atoms with Gasteiger partial charge in [0, 0.05) is 6.20 Å². The second kappa shape index (κ2) is 7.11. The van der Waals surface area contributed by atoms with E-state index in [0.29, 0.717) is 11.7 Å². The molecule has 1 aromatic carbocycles. The van der Waals surface area contributed by atoms with Crippen LogP contribution in [0.2, 0.25) is 0 Å². The SMILES string of the molecule is Cc1ccccc1Cn1cc(NC(=S)NCc2ccco2)cn1. The topological polar surface area (TPSA) is 55.0 Å². The lowest BCUT2D eigenvalue weighted by molar-refractivity contribution is 0.503. The molecule has 0 aliphatic heterocycles. The highest BCUT2D eigenvalue weighted by atomic mass is 32.1. The van der Waals surface area contributed by atoms with Crippen molar-refractivity contribution < 1.29 is 4.42 Å². The maximum Gasteiger partial charge on any atom is 0.171 e. The number of nitrogens with zero attached hydrogens (tertiary/aromatic N) is 2. The van der Waals surface area contributed by atoms with Gasteiger partial charge in [0.2, 0.25) is 0 Å². The van der Waals surface area contributed by atoms with E-state index in [1.807, 2.05) is 35.1 Å². The number of anilines is 1. The molecule has 23 heavy (non-hydrogen) atoms. The van der Waals surface area contributed by atoms with Crippen molar-refractivity contribution in [3.05, 3.63) is 71.9 Å². The van der Waals surface area contributed by atoms with Gasteiger partial charge in [0.15, 0.2) is 5.11 Å². The Kier molecular flexibility index (Phi) is 4.73. The van der Waals surface area contributed by atoms with E-state index in [0.717, 1.165) is 18.0 Å². The zero-order valence-corrected chi connectivity index (χ0v) is 13.6. The van der Waals surface area contributed by atoms with Crippen molar-refractivity contribution >= 4 is 23.0 Å². The minimum atomic E-state index is 0.539. The molecule has 0 saturated carbocycles. The zero-order valence-electron chi connectivity index (χ0n) is 12.8. The van der Waals surface area contributed by atoms with Crippen molar-refractivity contribution in [2.24, 2.45) is 0 Å². The normalized spacial score (nSPS) is 10.5. The van der Waals surface area contributed by atoms with Crippen LogP contribution in [-0.2, 0) is 13.1 Å². The van der Waals surface area contributed by atoms with Crippen LogP contribution in [-0.4, -0.2) is 14.9 Å². The van der Waals surface area contributed by atoms with Crippen LogP contribution in [0.1, 0.15) is 16.9 Å². The number of aryl methyl sites for hydroxylation is 1. The average Bonchev–Trinajstić information content (AvgIpc) is 3.19. The quantitative estimate of drug-likeness (QED) is 0.705. The van der Waals surface area contributed by atoms with Gasteiger partial charge in [0.05, 0.1) is 31.2 Å². The first-order valence-corrected chi connectivity index (χ1v) is 7.76. The van der Waals surface area contributed by atoms with Crippen LogP contribution < -0.4 is 10.6 Å². The summed E-state index contributed by atoms with van der Waals surface area (Å²) >= 11 is 5.27. The standard InChI is InChI=1S/C17H18N4OS/c1-13-5-2-3-6-14(13)11-21-12-15(9-19-21)20-17(23)18-10-16-7-4-8-22-16/h2-9,12H,10-11H2,1H3,(H2,18,20,23). The fourth-order valence-corrected chi connectivity index (χ4v) is 2.42. The van der Waals surface area contributed by atoms with Crippen molar-refractivity contribution in [1.29, 1.82) is 0 Å². The van der Waals surface area contributed by atoms with E-state index in [1.54, 1.807) is 12.5 Å². The summed E-state index contributed by atoms with van der Waals surface area (Å²) in [6, 6.07) is 12.0. The predicted molar refractivity (Wildman–Crippen MR) is 94.3 cm³/mol. The third-order valence-corrected chi connectivity index (χ3v) is 3.73. The maximum atomic E-state index is 5.27. The van der Waals surface area contributed by atoms with Crippen molar-refractivity contribution in [3.63, 3.8) is 0 Å². The van der Waals surface area contributed by atoms with Crippen LogP contribution in [0.3, 0.4) is 0 Å². The van der Waals surface area contributed by atoms with Crippen LogP contribution in [0.5, 0.6) is 0 Å². The molecule has 6 heteroatoms. The largest absolute Gasteiger partial charge is 0.467 e. The van der Waals surface area contributed by atoms with E-state index in [9.17, 15) is 0 Å². The molecular formula is C17H18N4OS. The molecule has 0 atom stereocenters. The van der Waals surface area contributed by atoms with Gasteiger partial charge in [-0.15, -0.1) is 0 Å². The Morgan fingerprint density at radius 3 is 2.91 bits per heavy atom. The van der Waals surface area contributed by atoms with Crippen molar-refractivity contribution in [2.75, 3.05) is 5.32 Å². The number of furan rings is 1. The maximum absolute atomic E-state index is 5.27. The van der Waals surface area contributed by atoms with Crippen LogP contribution in [0.25, 0.3) is 0 Å². The highest BCUT2D eigenvalue weighted by Gasteiger charge is 2.04. The molecule has 0 aliphatic rings. The Bertz CT molecular complexity index is 780. The number of hydrogen-bond acceptors (Lipinski definition) is 3. The molecule has 3 aromatic rings. The molecule has 2 N–H and O–H groups in total. The third kappa shape index (κ3) is 4.20. The summed E-state index contributed by atoms with van der Waals surface area (Å²) in [6.45, 7) is 3.39. The Morgan fingerprint density at radius 1 is 1.26 bits per heavy atom. The number of thiocarbonyl (C=S) groups is 1. The summed E-state index contributed by atoms with van der Waals surface area (Å²) in [6.07, 6.45) is 5.34. The molecule has 0 fully saturated rings. The molecule has 0 bridgehead atoms. The van der Waals surface area contributed by atoms with Gasteiger partial charge in [0.25, 0.3) is 0 Å². The lowest BCUT2D eigenvalue weighted by Crippen LogP contribution is -2.27. The van der Waals surface area contributed by atoms with Crippen LogP contribution in [0.4, 0.5) is 5.69 Å². The van der Waals surface area contributed by atoms with Gasteiger partial charge < -0.3 is 15.1 Å². The molecule has 2 aromatic heterocycles. The molecule has 5 nitrogen and oxygen atoms in total. The summed E-state index contributed by atoms with van der Waals surface area (Å²) in [5, 5.41) is 11.1. The van der Waals surface area contributed by atoms with Gasteiger partial charge in [-0.05, 0) is 42.4 Å². The summed E-state index contributed by atoms with van der Waals surface area (Å²) in [5.74, 6) is 0.837. The first-order valence-electron chi connectivity index (χ1n) is 7.35. The van der Waals surface area contributed by atoms with Gasteiger partial charge in [-0.2, -0.15) is 5.10 Å². The van der Waals surface area contributed by atoms with E-state index in [1.165, 1.54) is 11.1 Å². The van der Waals surface area contributed by atoms with Gasteiger partial charge in [-0.1, -0.05) is 24.3 Å². The summed E-state index contributed by atoms with van der Waals surface area (Å²) in [4.78, 5) is 0. The summed E-state index contributed by atoms with van der Waals surface area (Å²) < 4.78 is 7.14. The minimum Gasteiger partial charge on any atom is -0.467 e. The molecule has 2 heterocycles. The number of nitrogens with one attached hydrogen (secondary N) is 2. The first kappa shape index (κ1) is 15.3. The fraction of sp³-hybridized carbons (Fsp3) is 0.176. The smallest absolute Gasteiger partial charge is 0.171 e. The van der Waals surface area contributed by atoms with Crippen LogP contribution >= 0.6 is 12.2 Å². The predicted octanol–water partition coefficient (Wildman–Crippen LogP) is 3.32. The Morgan fingerprint density at radius 2 is 2.13 bits per heavy atom. The van der Waals surface area contributed by atoms with Crippen LogP contribution in [0.15, 0.2) is 59.5 Å². The van der Waals surface area contributed by atoms with Crippen molar-refractivity contribution in [1.82, 2.24) is 15.1 Å². The Hall–Kier alpha value is -2.60. The summed E-state index contributed by atoms with van der Waals surface area (Å²) in [5.41, 5.74) is 3.37. The first-order chi connectivity index (χ1) is 11.2. The van der Waals surface area contributed by atoms with Crippen molar-refractivity contribution in [3.8, 4) is 0 Å². The molecule has 0 unspecified atom stereocenters. The van der Waals surface area contributed by atoms with Gasteiger partial charge in [0.1, 0.15) is 5.76 Å². The Balaban J connectivity index is 1.54. The van der Waals surface area contributed by atoms with E-state index >= 15 is 0 Å². The minimum absolute atomic E-state index is 0.539. The lowest BCUT2D eigenvalue weighted by Gasteiger charge is -2.07. The molecule has 0 saturated heterocycles. The van der Waals surface area contributed by atoms with E-state index in [4.69, 9.17) is 16.6 Å². The highest BCUT2D eigenvalue weighted by molar-refractivity contribution is 7.80. The number of hydrogen-bond donors (Lipinski definition) is 2. The van der Waals surface area contributed by atoms with Gasteiger partial charge in [-0.25, -0.2) is 0 Å². The van der Waals surface area contributed by atoms with E-state index in [-0.39, 0.29) is 0 Å². The number of benzene rings is 1. The average molecular weight is 326 g/mol.